The monoisotopic (exact) mass is 306 g/mol. The maximum Gasteiger partial charge on any atom is 0.0964 e. The Bertz CT molecular complexity index is 516. The molecule has 0 fully saturated rings. The van der Waals surface area contributed by atoms with Gasteiger partial charge in [-0.1, -0.05) is 48.9 Å². The number of thioether (sulfide) groups is 1. The Balaban J connectivity index is 2.15. The lowest BCUT2D eigenvalue weighted by molar-refractivity contribution is 0.555. The first-order valence-electron chi connectivity index (χ1n) is 6.75. The first kappa shape index (κ1) is 15.4. The van der Waals surface area contributed by atoms with Gasteiger partial charge in [-0.15, -0.1) is 11.8 Å². The number of rotatable bonds is 6. The molecule has 0 saturated heterocycles. The summed E-state index contributed by atoms with van der Waals surface area (Å²) in [5.74, 6) is 0. The van der Waals surface area contributed by atoms with Gasteiger partial charge in [-0.2, -0.15) is 0 Å². The Morgan fingerprint density at radius 1 is 1.20 bits per heavy atom. The van der Waals surface area contributed by atoms with Crippen molar-refractivity contribution in [2.45, 2.75) is 29.7 Å². The highest BCUT2D eigenvalue weighted by Gasteiger charge is 2.21. The third-order valence-electron chi connectivity index (χ3n) is 3.22. The van der Waals surface area contributed by atoms with E-state index >= 15 is 0 Å². The van der Waals surface area contributed by atoms with E-state index < -0.39 is 0 Å². The maximum atomic E-state index is 5.88. The molecule has 4 heteroatoms. The highest BCUT2D eigenvalue weighted by atomic mass is 35.5. The van der Waals surface area contributed by atoms with Gasteiger partial charge in [-0.3, -0.25) is 0 Å². The van der Waals surface area contributed by atoms with Crippen LogP contribution in [0.3, 0.4) is 0 Å². The van der Waals surface area contributed by atoms with Crippen LogP contribution in [0, 0.1) is 0 Å². The normalized spacial score (nSPS) is 13.9. The molecule has 0 bridgehead atoms. The zero-order valence-electron chi connectivity index (χ0n) is 11.7. The van der Waals surface area contributed by atoms with Crippen LogP contribution in [-0.2, 0) is 0 Å². The minimum Gasteiger partial charge on any atom is -0.312 e. The van der Waals surface area contributed by atoms with Gasteiger partial charge in [0.1, 0.15) is 0 Å². The number of aromatic nitrogens is 1. The van der Waals surface area contributed by atoms with Crippen molar-refractivity contribution < 1.29 is 0 Å². The molecular formula is C16H19ClN2S. The van der Waals surface area contributed by atoms with Crippen molar-refractivity contribution in [3.8, 4) is 0 Å². The standard InChI is InChI=1S/C16H19ClN2S/c1-3-14(20-15-10-9-13(17)11-19-15)16(18-2)12-7-5-4-6-8-12/h4-11,14,16,18H,3H2,1-2H3. The Morgan fingerprint density at radius 2 is 1.95 bits per heavy atom. The van der Waals surface area contributed by atoms with Crippen molar-refractivity contribution in [2.75, 3.05) is 7.05 Å². The molecule has 2 unspecified atom stereocenters. The summed E-state index contributed by atoms with van der Waals surface area (Å²) >= 11 is 7.68. The van der Waals surface area contributed by atoms with Crippen LogP contribution < -0.4 is 5.32 Å². The molecule has 1 aromatic carbocycles. The largest absolute Gasteiger partial charge is 0.312 e. The first-order chi connectivity index (χ1) is 9.74. The summed E-state index contributed by atoms with van der Waals surface area (Å²) in [5.41, 5.74) is 1.31. The zero-order valence-corrected chi connectivity index (χ0v) is 13.3. The molecule has 2 aromatic rings. The van der Waals surface area contributed by atoms with Crippen LogP contribution in [0.4, 0.5) is 0 Å². The topological polar surface area (TPSA) is 24.9 Å². The van der Waals surface area contributed by atoms with Crippen LogP contribution in [0.25, 0.3) is 0 Å². The molecule has 106 valence electrons. The van der Waals surface area contributed by atoms with Crippen molar-refractivity contribution in [2.24, 2.45) is 0 Å². The van der Waals surface area contributed by atoms with Gasteiger partial charge in [0.2, 0.25) is 0 Å². The van der Waals surface area contributed by atoms with E-state index in [1.54, 1.807) is 18.0 Å². The molecule has 0 aliphatic heterocycles. The minimum atomic E-state index is 0.309. The Kier molecular flexibility index (Phi) is 5.89. The number of benzene rings is 1. The van der Waals surface area contributed by atoms with Crippen molar-refractivity contribution in [1.82, 2.24) is 10.3 Å². The lowest BCUT2D eigenvalue weighted by Gasteiger charge is -2.25. The first-order valence-corrected chi connectivity index (χ1v) is 8.00. The molecule has 0 aliphatic carbocycles. The molecule has 0 aliphatic rings. The van der Waals surface area contributed by atoms with Gasteiger partial charge in [0, 0.05) is 17.5 Å². The third kappa shape index (κ3) is 3.98. The van der Waals surface area contributed by atoms with Crippen molar-refractivity contribution >= 4 is 23.4 Å². The lowest BCUT2D eigenvalue weighted by Crippen LogP contribution is -2.27. The van der Waals surface area contributed by atoms with Gasteiger partial charge in [-0.25, -0.2) is 4.98 Å². The number of pyridine rings is 1. The van der Waals surface area contributed by atoms with Crippen LogP contribution in [0.15, 0.2) is 53.7 Å². The van der Waals surface area contributed by atoms with Gasteiger partial charge in [0.25, 0.3) is 0 Å². The fourth-order valence-electron chi connectivity index (χ4n) is 2.20. The van der Waals surface area contributed by atoms with Crippen LogP contribution in [-0.4, -0.2) is 17.3 Å². The second-order valence-corrected chi connectivity index (χ2v) is 6.25. The summed E-state index contributed by atoms with van der Waals surface area (Å²) in [6.07, 6.45) is 2.77. The molecule has 0 saturated carbocycles. The summed E-state index contributed by atoms with van der Waals surface area (Å²) < 4.78 is 0. The van der Waals surface area contributed by atoms with E-state index in [-0.39, 0.29) is 0 Å². The SMILES string of the molecule is CCC(Sc1ccc(Cl)cn1)C(NC)c1ccccc1. The third-order valence-corrected chi connectivity index (χ3v) is 4.83. The molecule has 0 spiro atoms. The molecule has 1 N–H and O–H groups in total. The van der Waals surface area contributed by atoms with E-state index in [2.05, 4.69) is 41.5 Å². The number of nitrogens with one attached hydrogen (secondary N) is 1. The smallest absolute Gasteiger partial charge is 0.0964 e. The van der Waals surface area contributed by atoms with Crippen molar-refractivity contribution in [3.05, 3.63) is 59.2 Å². The molecule has 2 rings (SSSR count). The molecule has 0 amide bonds. The molecule has 0 radical (unpaired) electrons. The molecule has 2 nitrogen and oxygen atoms in total. The molecular weight excluding hydrogens is 288 g/mol. The van der Waals surface area contributed by atoms with E-state index in [0.717, 1.165) is 11.4 Å². The predicted octanol–water partition coefficient (Wildman–Crippen LogP) is 4.57. The second kappa shape index (κ2) is 7.67. The molecule has 2 atom stereocenters. The highest BCUT2D eigenvalue weighted by molar-refractivity contribution is 7.99. The summed E-state index contributed by atoms with van der Waals surface area (Å²) in [7, 11) is 2.01. The van der Waals surface area contributed by atoms with Crippen LogP contribution in [0.2, 0.25) is 5.02 Å². The van der Waals surface area contributed by atoms with Crippen LogP contribution in [0.1, 0.15) is 24.9 Å². The van der Waals surface area contributed by atoms with E-state index in [4.69, 9.17) is 11.6 Å². The minimum absolute atomic E-state index is 0.309. The lowest BCUT2D eigenvalue weighted by atomic mass is 10.0. The van der Waals surface area contributed by atoms with E-state index in [1.165, 1.54) is 5.56 Å². The summed E-state index contributed by atoms with van der Waals surface area (Å²) in [6, 6.07) is 14.7. The van der Waals surface area contributed by atoms with E-state index in [9.17, 15) is 0 Å². The quantitative estimate of drug-likeness (QED) is 0.792. The molecule has 20 heavy (non-hydrogen) atoms. The van der Waals surface area contributed by atoms with Crippen LogP contribution in [0.5, 0.6) is 0 Å². The van der Waals surface area contributed by atoms with Gasteiger partial charge in [-0.05, 0) is 31.2 Å². The van der Waals surface area contributed by atoms with Gasteiger partial charge in [0.05, 0.1) is 10.0 Å². The fourth-order valence-corrected chi connectivity index (χ4v) is 3.48. The second-order valence-electron chi connectivity index (χ2n) is 4.56. The molecule has 1 aromatic heterocycles. The Morgan fingerprint density at radius 3 is 2.50 bits per heavy atom. The van der Waals surface area contributed by atoms with E-state index in [0.29, 0.717) is 16.3 Å². The number of hydrogen-bond acceptors (Lipinski definition) is 3. The van der Waals surface area contributed by atoms with Crippen LogP contribution >= 0.6 is 23.4 Å². The zero-order chi connectivity index (χ0) is 14.4. The van der Waals surface area contributed by atoms with Crippen molar-refractivity contribution in [3.63, 3.8) is 0 Å². The van der Waals surface area contributed by atoms with Gasteiger partial charge in [0.15, 0.2) is 0 Å². The fraction of sp³-hybridized carbons (Fsp3) is 0.312. The van der Waals surface area contributed by atoms with Crippen molar-refractivity contribution in [1.29, 1.82) is 0 Å². The number of nitrogens with zero attached hydrogens (tertiary/aromatic N) is 1. The summed E-state index contributed by atoms with van der Waals surface area (Å²) in [4.78, 5) is 4.38. The van der Waals surface area contributed by atoms with Gasteiger partial charge < -0.3 is 5.32 Å². The van der Waals surface area contributed by atoms with E-state index in [1.807, 2.05) is 25.2 Å². The average Bonchev–Trinajstić information content (AvgIpc) is 2.50. The predicted molar refractivity (Wildman–Crippen MR) is 87.4 cm³/mol. The Labute approximate surface area is 130 Å². The summed E-state index contributed by atoms with van der Waals surface area (Å²) in [5, 5.41) is 5.54. The number of hydrogen-bond donors (Lipinski definition) is 1. The molecule has 1 heterocycles. The average molecular weight is 307 g/mol. The maximum absolute atomic E-state index is 5.88. The number of halogens is 1. The Hall–Kier alpha value is -1.03. The van der Waals surface area contributed by atoms with Gasteiger partial charge >= 0.3 is 0 Å². The highest BCUT2D eigenvalue weighted by Crippen LogP contribution is 2.33. The summed E-state index contributed by atoms with van der Waals surface area (Å²) in [6.45, 7) is 2.21.